The minimum absolute atomic E-state index is 0.000560. The topological polar surface area (TPSA) is 94.5 Å². The van der Waals surface area contributed by atoms with Crippen LogP contribution < -0.4 is 18.9 Å². The van der Waals surface area contributed by atoms with Gasteiger partial charge in [0.05, 0.1) is 40.1 Å². The third-order valence-electron chi connectivity index (χ3n) is 6.90. The second kappa shape index (κ2) is 11.5. The van der Waals surface area contributed by atoms with E-state index in [0.29, 0.717) is 34.1 Å². The molecule has 1 atom stereocenters. The summed E-state index contributed by atoms with van der Waals surface area (Å²) in [5.41, 5.74) is 2.69. The number of carbonyl (C=O) groups excluding carboxylic acids is 2. The lowest BCUT2D eigenvalue weighted by molar-refractivity contribution is -0.140. The number of nitrogens with zero attached hydrogens (tertiary/aromatic N) is 1. The number of hydrogen-bond donors (Lipinski definition) is 1. The second-order valence-electron chi connectivity index (χ2n) is 9.50. The van der Waals surface area contributed by atoms with E-state index in [4.69, 9.17) is 18.9 Å². The molecular formula is C31H33NO7. The van der Waals surface area contributed by atoms with Gasteiger partial charge < -0.3 is 29.0 Å². The van der Waals surface area contributed by atoms with Crippen LogP contribution in [0.15, 0.2) is 66.2 Å². The molecule has 204 valence electrons. The molecule has 1 aliphatic heterocycles. The molecule has 1 heterocycles. The largest absolute Gasteiger partial charge is 0.507 e. The lowest BCUT2D eigenvalue weighted by Gasteiger charge is -2.26. The maximum absolute atomic E-state index is 13.5. The van der Waals surface area contributed by atoms with Crippen molar-refractivity contribution in [2.45, 2.75) is 32.4 Å². The van der Waals surface area contributed by atoms with Crippen LogP contribution in [0.5, 0.6) is 23.0 Å². The highest BCUT2D eigenvalue weighted by Crippen LogP contribution is 2.43. The maximum atomic E-state index is 13.5. The van der Waals surface area contributed by atoms with Crippen molar-refractivity contribution in [2.75, 3.05) is 28.4 Å². The summed E-state index contributed by atoms with van der Waals surface area (Å²) in [6.07, 6.45) is 0. The number of ketones is 1. The lowest BCUT2D eigenvalue weighted by atomic mass is 9.93. The summed E-state index contributed by atoms with van der Waals surface area (Å²) >= 11 is 0. The molecule has 1 aliphatic rings. The van der Waals surface area contributed by atoms with E-state index < -0.39 is 17.7 Å². The van der Waals surface area contributed by atoms with E-state index in [-0.39, 0.29) is 23.8 Å². The SMILES string of the molecule is COc1ccc(CN2C(=O)C(=O)/C(=C(/O)c3ccc(OC)c(C(C)C)c3)C2c2ccc(OC)c(OC)c2)cc1. The molecule has 1 N–H and O–H groups in total. The standard InChI is InChI=1S/C31H33NO7/c1-18(2)23-15-21(10-13-24(23)37-4)29(33)27-28(20-9-14-25(38-5)26(16-20)39-6)32(31(35)30(27)34)17-19-7-11-22(36-3)12-8-19/h7-16,18,28,33H,17H2,1-6H3/b29-27+. The van der Waals surface area contributed by atoms with Crippen molar-refractivity contribution in [1.82, 2.24) is 4.90 Å². The van der Waals surface area contributed by atoms with Gasteiger partial charge in [0.15, 0.2) is 11.5 Å². The molecule has 0 spiro atoms. The fourth-order valence-corrected chi connectivity index (χ4v) is 4.83. The van der Waals surface area contributed by atoms with E-state index in [2.05, 4.69) is 0 Å². The van der Waals surface area contributed by atoms with Crippen molar-refractivity contribution >= 4 is 17.4 Å². The van der Waals surface area contributed by atoms with Gasteiger partial charge in [0.1, 0.15) is 17.3 Å². The summed E-state index contributed by atoms with van der Waals surface area (Å²) in [4.78, 5) is 28.4. The fourth-order valence-electron chi connectivity index (χ4n) is 4.83. The Balaban J connectivity index is 1.89. The van der Waals surface area contributed by atoms with Crippen molar-refractivity contribution < 1.29 is 33.6 Å². The van der Waals surface area contributed by atoms with Gasteiger partial charge in [-0.25, -0.2) is 0 Å². The molecule has 0 radical (unpaired) electrons. The Morgan fingerprint density at radius 3 is 2.05 bits per heavy atom. The predicted octanol–water partition coefficient (Wildman–Crippen LogP) is 5.47. The Morgan fingerprint density at radius 2 is 1.46 bits per heavy atom. The third-order valence-corrected chi connectivity index (χ3v) is 6.90. The molecule has 1 saturated heterocycles. The van der Waals surface area contributed by atoms with E-state index in [0.717, 1.165) is 11.1 Å². The number of benzene rings is 3. The van der Waals surface area contributed by atoms with Crippen LogP contribution in [0.1, 0.15) is 48.1 Å². The van der Waals surface area contributed by atoms with Crippen LogP contribution in [0, 0.1) is 0 Å². The first kappa shape index (κ1) is 27.6. The van der Waals surface area contributed by atoms with E-state index >= 15 is 0 Å². The normalized spacial score (nSPS) is 16.5. The number of amides is 1. The molecule has 0 aromatic heterocycles. The molecule has 3 aromatic rings. The predicted molar refractivity (Wildman–Crippen MR) is 147 cm³/mol. The van der Waals surface area contributed by atoms with Gasteiger partial charge in [-0.2, -0.15) is 0 Å². The zero-order chi connectivity index (χ0) is 28.3. The molecule has 0 saturated carbocycles. The highest BCUT2D eigenvalue weighted by atomic mass is 16.5. The second-order valence-corrected chi connectivity index (χ2v) is 9.50. The molecule has 1 unspecified atom stereocenters. The number of aliphatic hydroxyl groups is 1. The average Bonchev–Trinajstić information content (AvgIpc) is 3.21. The zero-order valence-electron chi connectivity index (χ0n) is 23.0. The molecule has 39 heavy (non-hydrogen) atoms. The van der Waals surface area contributed by atoms with Gasteiger partial charge in [-0.1, -0.05) is 32.0 Å². The summed E-state index contributed by atoms with van der Waals surface area (Å²) in [5.74, 6) is 0.687. The van der Waals surface area contributed by atoms with E-state index in [1.165, 1.54) is 19.1 Å². The minimum atomic E-state index is -0.864. The first-order valence-electron chi connectivity index (χ1n) is 12.6. The molecule has 0 aliphatic carbocycles. The monoisotopic (exact) mass is 531 g/mol. The summed E-state index contributed by atoms with van der Waals surface area (Å²) in [6.45, 7) is 4.17. The van der Waals surface area contributed by atoms with Crippen LogP contribution in [0.2, 0.25) is 0 Å². The Morgan fingerprint density at radius 1 is 0.821 bits per heavy atom. The zero-order valence-corrected chi connectivity index (χ0v) is 23.0. The van der Waals surface area contributed by atoms with Crippen molar-refractivity contribution in [3.05, 3.63) is 88.5 Å². The number of methoxy groups -OCH3 is 4. The van der Waals surface area contributed by atoms with Crippen molar-refractivity contribution in [2.24, 2.45) is 0 Å². The van der Waals surface area contributed by atoms with Gasteiger partial charge >= 0.3 is 0 Å². The quantitative estimate of drug-likeness (QED) is 0.222. The van der Waals surface area contributed by atoms with Gasteiger partial charge in [-0.15, -0.1) is 0 Å². The summed E-state index contributed by atoms with van der Waals surface area (Å²) < 4.78 is 21.6. The maximum Gasteiger partial charge on any atom is 0.295 e. The highest BCUT2D eigenvalue weighted by molar-refractivity contribution is 6.46. The summed E-state index contributed by atoms with van der Waals surface area (Å²) in [7, 11) is 6.21. The number of ether oxygens (including phenoxy) is 4. The first-order chi connectivity index (χ1) is 18.7. The third kappa shape index (κ3) is 5.27. The molecule has 4 rings (SSSR count). The van der Waals surface area contributed by atoms with Crippen LogP contribution in [-0.2, 0) is 16.1 Å². The van der Waals surface area contributed by atoms with E-state index in [1.807, 2.05) is 26.0 Å². The number of hydrogen-bond acceptors (Lipinski definition) is 7. The Bertz CT molecular complexity index is 1410. The molecule has 0 bridgehead atoms. The molecule has 1 fully saturated rings. The van der Waals surface area contributed by atoms with Gasteiger partial charge in [0, 0.05) is 12.1 Å². The summed E-state index contributed by atoms with van der Waals surface area (Å²) in [5, 5.41) is 11.6. The van der Waals surface area contributed by atoms with E-state index in [1.54, 1.807) is 62.8 Å². The number of carbonyl (C=O) groups is 2. The highest BCUT2D eigenvalue weighted by Gasteiger charge is 2.46. The molecular weight excluding hydrogens is 498 g/mol. The Labute approximate surface area is 228 Å². The van der Waals surface area contributed by atoms with Crippen LogP contribution >= 0.6 is 0 Å². The Kier molecular flexibility index (Phi) is 8.14. The number of likely N-dealkylation sites (tertiary alicyclic amines) is 1. The Hall–Kier alpha value is -4.46. The average molecular weight is 532 g/mol. The summed E-state index contributed by atoms with van der Waals surface area (Å²) in [6, 6.07) is 16.8. The van der Waals surface area contributed by atoms with Gasteiger partial charge in [0.2, 0.25) is 0 Å². The minimum Gasteiger partial charge on any atom is -0.507 e. The molecule has 1 amide bonds. The van der Waals surface area contributed by atoms with Crippen LogP contribution in [0.3, 0.4) is 0 Å². The van der Waals surface area contributed by atoms with Crippen LogP contribution in [0.25, 0.3) is 5.76 Å². The first-order valence-corrected chi connectivity index (χ1v) is 12.6. The number of aliphatic hydroxyl groups excluding tert-OH is 1. The van der Waals surface area contributed by atoms with Crippen molar-refractivity contribution in [3.8, 4) is 23.0 Å². The van der Waals surface area contributed by atoms with Crippen LogP contribution in [-0.4, -0.2) is 50.1 Å². The van der Waals surface area contributed by atoms with E-state index in [9.17, 15) is 14.7 Å². The van der Waals surface area contributed by atoms with Gasteiger partial charge in [-0.05, 0) is 65.1 Å². The van der Waals surface area contributed by atoms with Gasteiger partial charge in [-0.3, -0.25) is 9.59 Å². The lowest BCUT2D eigenvalue weighted by Crippen LogP contribution is -2.29. The van der Waals surface area contributed by atoms with Crippen molar-refractivity contribution in [3.63, 3.8) is 0 Å². The van der Waals surface area contributed by atoms with Gasteiger partial charge in [0.25, 0.3) is 11.7 Å². The van der Waals surface area contributed by atoms with Crippen LogP contribution in [0.4, 0.5) is 0 Å². The van der Waals surface area contributed by atoms with Crippen molar-refractivity contribution in [1.29, 1.82) is 0 Å². The number of Topliss-reactive ketones (excluding diaryl/α,β-unsaturated/α-hetero) is 1. The fraction of sp³-hybridized carbons (Fsp3) is 0.290. The molecule has 3 aromatic carbocycles. The number of rotatable bonds is 9. The molecule has 8 nitrogen and oxygen atoms in total. The molecule has 8 heteroatoms. The smallest absolute Gasteiger partial charge is 0.295 e.